The zero-order valence-electron chi connectivity index (χ0n) is 10.2. The summed E-state index contributed by atoms with van der Waals surface area (Å²) in [5.74, 6) is -0.542. The van der Waals surface area contributed by atoms with Gasteiger partial charge in [-0.05, 0) is 31.0 Å². The molecule has 0 heterocycles. The summed E-state index contributed by atoms with van der Waals surface area (Å²) in [5, 5.41) is 0.305. The van der Waals surface area contributed by atoms with E-state index in [0.717, 1.165) is 32.1 Å². The Bertz CT molecular complexity index is 455. The van der Waals surface area contributed by atoms with E-state index < -0.39 is 11.2 Å². The van der Waals surface area contributed by atoms with Crippen molar-refractivity contribution in [2.75, 3.05) is 6.54 Å². The second kappa shape index (κ2) is 5.37. The molecule has 0 radical (unpaired) electrons. The van der Waals surface area contributed by atoms with Gasteiger partial charge in [-0.2, -0.15) is 0 Å². The van der Waals surface area contributed by atoms with Crippen LogP contribution >= 0.6 is 11.6 Å². The summed E-state index contributed by atoms with van der Waals surface area (Å²) in [6.45, 7) is 0.304. The predicted molar refractivity (Wildman–Crippen MR) is 70.3 cm³/mol. The first-order valence-electron chi connectivity index (χ1n) is 6.29. The van der Waals surface area contributed by atoms with Crippen LogP contribution in [0.15, 0.2) is 18.2 Å². The molecule has 0 spiro atoms. The first-order chi connectivity index (χ1) is 8.59. The average Bonchev–Trinajstić information content (AvgIpc) is 2.41. The van der Waals surface area contributed by atoms with E-state index in [1.54, 1.807) is 0 Å². The van der Waals surface area contributed by atoms with Crippen LogP contribution in [0.2, 0.25) is 5.02 Å². The number of carbonyl (C=O) groups excluding carboxylic acids is 1. The molecule has 1 aromatic rings. The third kappa shape index (κ3) is 2.43. The fourth-order valence-corrected chi connectivity index (χ4v) is 2.91. The summed E-state index contributed by atoms with van der Waals surface area (Å²) >= 11 is 6.00. The monoisotopic (exact) mass is 269 g/mol. The van der Waals surface area contributed by atoms with Crippen LogP contribution < -0.4 is 5.73 Å². The van der Waals surface area contributed by atoms with Gasteiger partial charge in [0.05, 0.1) is 5.02 Å². The Morgan fingerprint density at radius 3 is 2.61 bits per heavy atom. The van der Waals surface area contributed by atoms with Gasteiger partial charge < -0.3 is 5.73 Å². The average molecular weight is 270 g/mol. The number of rotatable bonds is 3. The van der Waals surface area contributed by atoms with E-state index in [1.807, 2.05) is 0 Å². The molecule has 2 N–H and O–H groups in total. The number of ketones is 1. The van der Waals surface area contributed by atoms with E-state index in [9.17, 15) is 9.18 Å². The van der Waals surface area contributed by atoms with Crippen molar-refractivity contribution in [3.05, 3.63) is 34.6 Å². The zero-order valence-corrected chi connectivity index (χ0v) is 11.0. The topological polar surface area (TPSA) is 43.1 Å². The van der Waals surface area contributed by atoms with Crippen LogP contribution in [0.25, 0.3) is 0 Å². The number of nitrogens with two attached hydrogens (primary N) is 1. The fraction of sp³-hybridized carbons (Fsp3) is 0.500. The molecule has 0 aromatic heterocycles. The molecular formula is C14H17ClFNO. The Hall–Kier alpha value is -0.930. The molecule has 0 aliphatic heterocycles. The molecule has 0 atom stereocenters. The normalized spacial score (nSPS) is 18.6. The minimum Gasteiger partial charge on any atom is -0.329 e. The summed E-state index contributed by atoms with van der Waals surface area (Å²) in [4.78, 5) is 12.6. The minimum atomic E-state index is -0.546. The van der Waals surface area contributed by atoms with Crippen LogP contribution in [-0.2, 0) is 0 Å². The number of carbonyl (C=O) groups is 1. The number of hydrogen-bond acceptors (Lipinski definition) is 2. The summed E-state index contributed by atoms with van der Waals surface area (Å²) in [5.41, 5.74) is 5.53. The van der Waals surface area contributed by atoms with Crippen molar-refractivity contribution in [2.45, 2.75) is 32.1 Å². The molecule has 1 saturated carbocycles. The molecule has 1 fully saturated rings. The van der Waals surface area contributed by atoms with Crippen LogP contribution in [0, 0.1) is 11.2 Å². The molecule has 18 heavy (non-hydrogen) atoms. The number of halogens is 2. The summed E-state index contributed by atoms with van der Waals surface area (Å²) < 4.78 is 13.3. The number of Topliss-reactive ketones (excluding diaryl/α,β-unsaturated/α-hetero) is 1. The first-order valence-corrected chi connectivity index (χ1v) is 6.67. The lowest BCUT2D eigenvalue weighted by Crippen LogP contribution is -2.40. The third-order valence-corrected chi connectivity index (χ3v) is 4.19. The quantitative estimate of drug-likeness (QED) is 0.853. The highest BCUT2D eigenvalue weighted by Gasteiger charge is 2.39. The lowest BCUT2D eigenvalue weighted by molar-refractivity contribution is 0.0729. The summed E-state index contributed by atoms with van der Waals surface area (Å²) in [6, 6.07) is 3.91. The van der Waals surface area contributed by atoms with Crippen LogP contribution in [0.5, 0.6) is 0 Å². The van der Waals surface area contributed by atoms with Crippen molar-refractivity contribution >= 4 is 17.4 Å². The molecule has 0 amide bonds. The van der Waals surface area contributed by atoms with Gasteiger partial charge in [0.25, 0.3) is 0 Å². The molecule has 98 valence electrons. The molecule has 0 unspecified atom stereocenters. The van der Waals surface area contributed by atoms with E-state index in [-0.39, 0.29) is 11.3 Å². The van der Waals surface area contributed by atoms with E-state index >= 15 is 0 Å². The molecule has 2 nitrogen and oxygen atoms in total. The van der Waals surface area contributed by atoms with Gasteiger partial charge in [0, 0.05) is 17.5 Å². The largest absolute Gasteiger partial charge is 0.329 e. The molecule has 2 rings (SSSR count). The molecule has 1 aliphatic carbocycles. The molecule has 0 saturated heterocycles. The van der Waals surface area contributed by atoms with Crippen LogP contribution in [-0.4, -0.2) is 12.3 Å². The fourth-order valence-electron chi connectivity index (χ4n) is 2.71. The Balaban J connectivity index is 2.36. The maximum absolute atomic E-state index is 13.3. The van der Waals surface area contributed by atoms with E-state index in [4.69, 9.17) is 17.3 Å². The number of hydrogen-bond donors (Lipinski definition) is 1. The second-order valence-electron chi connectivity index (χ2n) is 5.00. The minimum absolute atomic E-state index is 0.103. The van der Waals surface area contributed by atoms with Crippen LogP contribution in [0.4, 0.5) is 4.39 Å². The van der Waals surface area contributed by atoms with Crippen molar-refractivity contribution in [3.63, 3.8) is 0 Å². The highest BCUT2D eigenvalue weighted by molar-refractivity contribution is 6.34. The van der Waals surface area contributed by atoms with Crippen molar-refractivity contribution in [3.8, 4) is 0 Å². The van der Waals surface area contributed by atoms with Gasteiger partial charge >= 0.3 is 0 Å². The Morgan fingerprint density at radius 2 is 2.00 bits per heavy atom. The lowest BCUT2D eigenvalue weighted by Gasteiger charge is -2.34. The van der Waals surface area contributed by atoms with Crippen molar-refractivity contribution in [2.24, 2.45) is 11.1 Å². The van der Waals surface area contributed by atoms with Crippen molar-refractivity contribution in [1.29, 1.82) is 0 Å². The Morgan fingerprint density at radius 1 is 1.33 bits per heavy atom. The van der Waals surface area contributed by atoms with Gasteiger partial charge in [0.1, 0.15) is 5.82 Å². The second-order valence-corrected chi connectivity index (χ2v) is 5.41. The molecular weight excluding hydrogens is 253 g/mol. The van der Waals surface area contributed by atoms with E-state index in [0.29, 0.717) is 11.6 Å². The smallest absolute Gasteiger partial charge is 0.171 e. The highest BCUT2D eigenvalue weighted by atomic mass is 35.5. The molecule has 1 aliphatic rings. The standard InChI is InChI=1S/C14H17ClFNO/c15-12-5-4-10(16)8-11(12)13(18)14(9-17)6-2-1-3-7-14/h4-5,8H,1-3,6-7,9,17H2. The van der Waals surface area contributed by atoms with E-state index in [1.165, 1.54) is 18.2 Å². The van der Waals surface area contributed by atoms with Crippen molar-refractivity contribution < 1.29 is 9.18 Å². The SMILES string of the molecule is NCC1(C(=O)c2cc(F)ccc2Cl)CCCCC1. The van der Waals surface area contributed by atoms with Crippen molar-refractivity contribution in [1.82, 2.24) is 0 Å². The first kappa shape index (κ1) is 13.5. The summed E-state index contributed by atoms with van der Waals surface area (Å²) in [6.07, 6.45) is 4.67. The Labute approximate surface area is 111 Å². The van der Waals surface area contributed by atoms with Gasteiger partial charge in [-0.15, -0.1) is 0 Å². The maximum atomic E-state index is 13.3. The van der Waals surface area contributed by atoms with Crippen LogP contribution in [0.1, 0.15) is 42.5 Å². The van der Waals surface area contributed by atoms with Crippen LogP contribution in [0.3, 0.4) is 0 Å². The third-order valence-electron chi connectivity index (χ3n) is 3.86. The molecule has 1 aromatic carbocycles. The number of benzene rings is 1. The highest BCUT2D eigenvalue weighted by Crippen LogP contribution is 2.39. The maximum Gasteiger partial charge on any atom is 0.171 e. The predicted octanol–water partition coefficient (Wildman–Crippen LogP) is 3.57. The van der Waals surface area contributed by atoms with Gasteiger partial charge in [-0.3, -0.25) is 4.79 Å². The van der Waals surface area contributed by atoms with Gasteiger partial charge in [-0.25, -0.2) is 4.39 Å². The zero-order chi connectivity index (χ0) is 13.2. The molecule has 4 heteroatoms. The Kier molecular flexibility index (Phi) is 4.03. The van der Waals surface area contributed by atoms with Gasteiger partial charge in [-0.1, -0.05) is 30.9 Å². The molecule has 0 bridgehead atoms. The van der Waals surface area contributed by atoms with E-state index in [2.05, 4.69) is 0 Å². The lowest BCUT2D eigenvalue weighted by atomic mass is 9.69. The van der Waals surface area contributed by atoms with Gasteiger partial charge in [0.2, 0.25) is 0 Å². The van der Waals surface area contributed by atoms with Gasteiger partial charge in [0.15, 0.2) is 5.78 Å². The summed E-state index contributed by atoms with van der Waals surface area (Å²) in [7, 11) is 0.